The molecule has 3 aromatic rings. The molecule has 2 heterocycles. The van der Waals surface area contributed by atoms with Gasteiger partial charge in [-0.3, -0.25) is 0 Å². The fraction of sp³-hybridized carbons (Fsp3) is 0.227. The number of rotatable bonds is 7. The third-order valence-corrected chi connectivity index (χ3v) is 4.56. The first-order valence-electron chi connectivity index (χ1n) is 9.11. The second-order valence-corrected chi connectivity index (χ2v) is 6.52. The van der Waals surface area contributed by atoms with E-state index in [1.165, 1.54) is 0 Å². The van der Waals surface area contributed by atoms with E-state index in [9.17, 15) is 4.79 Å². The molecular formula is C22H23N3O3. The molecule has 2 aromatic heterocycles. The van der Waals surface area contributed by atoms with Crippen LogP contribution in [-0.4, -0.2) is 21.0 Å². The first kappa shape index (κ1) is 19.4. The van der Waals surface area contributed by atoms with Gasteiger partial charge in [0.15, 0.2) is 11.6 Å². The number of aryl methyl sites for hydroxylation is 3. The summed E-state index contributed by atoms with van der Waals surface area (Å²) >= 11 is 0. The third kappa shape index (κ3) is 3.96. The smallest absolute Gasteiger partial charge is 0.335 e. The first-order chi connectivity index (χ1) is 13.4. The summed E-state index contributed by atoms with van der Waals surface area (Å²) in [6.07, 6.45) is 3.18. The summed E-state index contributed by atoms with van der Waals surface area (Å²) in [4.78, 5) is 20.5. The van der Waals surface area contributed by atoms with Crippen LogP contribution in [0.2, 0.25) is 0 Å². The average molecular weight is 377 g/mol. The van der Waals surface area contributed by atoms with Crippen LogP contribution < -0.4 is 5.32 Å². The van der Waals surface area contributed by atoms with Crippen molar-refractivity contribution in [2.24, 2.45) is 0 Å². The number of benzene rings is 1. The van der Waals surface area contributed by atoms with Gasteiger partial charge in [-0.1, -0.05) is 13.0 Å². The monoisotopic (exact) mass is 377 g/mol. The Balaban J connectivity index is 2.06. The number of hydrogen-bond acceptors (Lipinski definition) is 5. The molecule has 0 saturated carbocycles. The number of anilines is 2. The highest BCUT2D eigenvalue weighted by atomic mass is 16.4. The number of aromatic nitrogens is 2. The molecule has 0 aliphatic heterocycles. The summed E-state index contributed by atoms with van der Waals surface area (Å²) in [5.74, 6) is 1.69. The van der Waals surface area contributed by atoms with Crippen molar-refractivity contribution in [2.45, 2.75) is 33.6 Å². The van der Waals surface area contributed by atoms with Gasteiger partial charge in [0.1, 0.15) is 11.6 Å². The molecule has 1 aromatic carbocycles. The minimum Gasteiger partial charge on any atom is -0.478 e. The number of carboxylic acid groups (broad SMARTS) is 1. The molecule has 2 N–H and O–H groups in total. The van der Waals surface area contributed by atoms with Crippen LogP contribution in [0.15, 0.2) is 47.4 Å². The quantitative estimate of drug-likeness (QED) is 0.558. The van der Waals surface area contributed by atoms with E-state index in [4.69, 9.17) is 19.5 Å². The van der Waals surface area contributed by atoms with Gasteiger partial charge in [-0.15, -0.1) is 6.58 Å². The third-order valence-electron chi connectivity index (χ3n) is 4.56. The summed E-state index contributed by atoms with van der Waals surface area (Å²) in [5, 5.41) is 12.4. The van der Waals surface area contributed by atoms with Crippen molar-refractivity contribution in [1.29, 1.82) is 0 Å². The van der Waals surface area contributed by atoms with E-state index in [2.05, 4.69) is 11.9 Å². The van der Waals surface area contributed by atoms with Crippen molar-refractivity contribution in [3.63, 3.8) is 0 Å². The first-order valence-corrected chi connectivity index (χ1v) is 9.11. The molecule has 28 heavy (non-hydrogen) atoms. The zero-order chi connectivity index (χ0) is 20.3. The highest BCUT2D eigenvalue weighted by Gasteiger charge is 2.17. The largest absolute Gasteiger partial charge is 0.478 e. The van der Waals surface area contributed by atoms with Crippen molar-refractivity contribution in [3.8, 4) is 11.6 Å². The highest BCUT2D eigenvalue weighted by molar-refractivity contribution is 5.88. The van der Waals surface area contributed by atoms with Gasteiger partial charge in [0.05, 0.1) is 5.56 Å². The molecular weight excluding hydrogens is 354 g/mol. The number of carboxylic acids is 1. The molecule has 0 unspecified atom stereocenters. The molecule has 144 valence electrons. The zero-order valence-electron chi connectivity index (χ0n) is 16.2. The second-order valence-electron chi connectivity index (χ2n) is 6.52. The zero-order valence-corrected chi connectivity index (χ0v) is 16.2. The second kappa shape index (κ2) is 8.08. The SMILES string of the molecule is C=CCc1c(CC)nc(-c2cc(C)c(C)o2)nc1Nc1ccc(C(=O)O)cc1. The van der Waals surface area contributed by atoms with Crippen LogP contribution in [0, 0.1) is 13.8 Å². The van der Waals surface area contributed by atoms with E-state index in [-0.39, 0.29) is 5.56 Å². The maximum Gasteiger partial charge on any atom is 0.335 e. The fourth-order valence-corrected chi connectivity index (χ4v) is 2.91. The van der Waals surface area contributed by atoms with Crippen molar-refractivity contribution < 1.29 is 14.3 Å². The Hall–Kier alpha value is -3.41. The lowest BCUT2D eigenvalue weighted by Gasteiger charge is -2.15. The molecule has 6 nitrogen and oxygen atoms in total. The fourth-order valence-electron chi connectivity index (χ4n) is 2.91. The number of furan rings is 1. The average Bonchev–Trinajstić information content (AvgIpc) is 3.02. The number of allylic oxidation sites excluding steroid dienone is 1. The van der Waals surface area contributed by atoms with Gasteiger partial charge >= 0.3 is 5.97 Å². The summed E-state index contributed by atoms with van der Waals surface area (Å²) in [6, 6.07) is 8.48. The molecule has 0 aliphatic rings. The predicted molar refractivity (Wildman–Crippen MR) is 109 cm³/mol. The van der Waals surface area contributed by atoms with Crippen LogP contribution >= 0.6 is 0 Å². The lowest BCUT2D eigenvalue weighted by atomic mass is 10.1. The van der Waals surface area contributed by atoms with Gasteiger partial charge in [-0.2, -0.15) is 0 Å². The Bertz CT molecular complexity index is 1000. The summed E-state index contributed by atoms with van der Waals surface area (Å²) < 4.78 is 5.81. The van der Waals surface area contributed by atoms with Crippen LogP contribution in [-0.2, 0) is 12.8 Å². The highest BCUT2D eigenvalue weighted by Crippen LogP contribution is 2.28. The predicted octanol–water partition coefficient (Wildman–Crippen LogP) is 5.09. The van der Waals surface area contributed by atoms with Crippen LogP contribution in [0.25, 0.3) is 11.6 Å². The molecule has 0 amide bonds. The molecule has 0 radical (unpaired) electrons. The molecule has 0 fully saturated rings. The van der Waals surface area contributed by atoms with Crippen LogP contribution in [0.5, 0.6) is 0 Å². The van der Waals surface area contributed by atoms with E-state index < -0.39 is 5.97 Å². The molecule has 0 aliphatic carbocycles. The Morgan fingerprint density at radius 2 is 1.96 bits per heavy atom. The lowest BCUT2D eigenvalue weighted by molar-refractivity contribution is 0.0697. The molecule has 3 rings (SSSR count). The van der Waals surface area contributed by atoms with Crippen molar-refractivity contribution in [2.75, 3.05) is 5.32 Å². The van der Waals surface area contributed by atoms with Gasteiger partial charge in [0.25, 0.3) is 0 Å². The minimum absolute atomic E-state index is 0.232. The topological polar surface area (TPSA) is 88.3 Å². The van der Waals surface area contributed by atoms with Crippen molar-refractivity contribution in [3.05, 3.63) is 71.1 Å². The number of nitrogens with zero attached hydrogens (tertiary/aromatic N) is 2. The standard InChI is InChI=1S/C22H23N3O3/c1-5-7-17-18(6-2)24-21(19-12-13(3)14(4)28-19)25-20(17)23-16-10-8-15(9-11-16)22(26)27/h5,8-12H,1,6-7H2,2-4H3,(H,26,27)(H,23,24,25). The van der Waals surface area contributed by atoms with Crippen molar-refractivity contribution in [1.82, 2.24) is 9.97 Å². The van der Waals surface area contributed by atoms with E-state index in [0.29, 0.717) is 23.8 Å². The van der Waals surface area contributed by atoms with Crippen LogP contribution in [0.4, 0.5) is 11.5 Å². The number of carbonyl (C=O) groups is 1. The molecule has 0 saturated heterocycles. The van der Waals surface area contributed by atoms with E-state index in [1.807, 2.05) is 32.9 Å². The minimum atomic E-state index is -0.958. The number of nitrogens with one attached hydrogen (secondary N) is 1. The maximum atomic E-state index is 11.1. The van der Waals surface area contributed by atoms with Gasteiger partial charge < -0.3 is 14.8 Å². The summed E-state index contributed by atoms with van der Waals surface area (Å²) in [5.41, 5.74) is 3.90. The van der Waals surface area contributed by atoms with Crippen molar-refractivity contribution >= 4 is 17.5 Å². The van der Waals surface area contributed by atoms with E-state index in [0.717, 1.165) is 34.7 Å². The molecule has 0 bridgehead atoms. The summed E-state index contributed by atoms with van der Waals surface area (Å²) in [7, 11) is 0. The number of hydrogen-bond donors (Lipinski definition) is 2. The van der Waals surface area contributed by atoms with E-state index >= 15 is 0 Å². The molecule has 0 atom stereocenters. The normalized spacial score (nSPS) is 10.7. The van der Waals surface area contributed by atoms with E-state index in [1.54, 1.807) is 24.3 Å². The summed E-state index contributed by atoms with van der Waals surface area (Å²) in [6.45, 7) is 9.78. The molecule has 6 heteroatoms. The Kier molecular flexibility index (Phi) is 5.59. The Morgan fingerprint density at radius 1 is 1.25 bits per heavy atom. The van der Waals surface area contributed by atoms with Crippen LogP contribution in [0.3, 0.4) is 0 Å². The van der Waals surface area contributed by atoms with Gasteiger partial charge in [-0.25, -0.2) is 14.8 Å². The van der Waals surface area contributed by atoms with Gasteiger partial charge in [0, 0.05) is 16.9 Å². The molecule has 0 spiro atoms. The van der Waals surface area contributed by atoms with Gasteiger partial charge in [-0.05, 0) is 62.6 Å². The Labute approximate surface area is 164 Å². The lowest BCUT2D eigenvalue weighted by Crippen LogP contribution is -2.07. The van der Waals surface area contributed by atoms with Crippen LogP contribution in [0.1, 0.15) is 39.9 Å². The Morgan fingerprint density at radius 3 is 2.50 bits per heavy atom. The number of aromatic carboxylic acids is 1. The maximum absolute atomic E-state index is 11.1. The van der Waals surface area contributed by atoms with Gasteiger partial charge in [0.2, 0.25) is 0 Å².